The van der Waals surface area contributed by atoms with Crippen molar-refractivity contribution in [2.75, 3.05) is 16.0 Å². The first-order valence-electron chi connectivity index (χ1n) is 14.1. The largest absolute Gasteiger partial charge is 0.326 e. The second-order valence-corrected chi connectivity index (χ2v) is 11.3. The SMILES string of the molecule is CCC(Sc1cccc(NC(=O)/C(=C/c2ccc(C)cc2)NC(=O)c2ccccc2)c1)C(=O)Nc1ccc(NC(C)=O)cc1. The van der Waals surface area contributed by atoms with Gasteiger partial charge in [-0.15, -0.1) is 11.8 Å². The van der Waals surface area contributed by atoms with E-state index in [1.165, 1.54) is 18.7 Å². The summed E-state index contributed by atoms with van der Waals surface area (Å²) in [7, 11) is 0. The predicted octanol–water partition coefficient (Wildman–Crippen LogP) is 6.87. The second-order valence-electron chi connectivity index (χ2n) is 10.0. The zero-order valence-corrected chi connectivity index (χ0v) is 25.5. The average molecular weight is 607 g/mol. The Balaban J connectivity index is 1.46. The van der Waals surface area contributed by atoms with E-state index in [1.54, 1.807) is 72.8 Å². The molecule has 0 bridgehead atoms. The summed E-state index contributed by atoms with van der Waals surface area (Å²) in [4.78, 5) is 51.5. The van der Waals surface area contributed by atoms with Crippen LogP contribution in [0.25, 0.3) is 6.08 Å². The predicted molar refractivity (Wildman–Crippen MR) is 177 cm³/mol. The molecule has 0 aliphatic carbocycles. The van der Waals surface area contributed by atoms with Crippen molar-refractivity contribution >= 4 is 58.5 Å². The van der Waals surface area contributed by atoms with Gasteiger partial charge in [0, 0.05) is 34.4 Å². The summed E-state index contributed by atoms with van der Waals surface area (Å²) in [5.41, 5.74) is 4.15. The third-order valence-corrected chi connectivity index (χ3v) is 7.78. The monoisotopic (exact) mass is 606 g/mol. The summed E-state index contributed by atoms with van der Waals surface area (Å²) < 4.78 is 0. The fourth-order valence-electron chi connectivity index (χ4n) is 4.17. The summed E-state index contributed by atoms with van der Waals surface area (Å²) in [6, 6.07) is 30.4. The first-order chi connectivity index (χ1) is 21.2. The van der Waals surface area contributed by atoms with Crippen LogP contribution in [0.4, 0.5) is 17.1 Å². The molecule has 0 saturated heterocycles. The standard InChI is InChI=1S/C35H34N4O4S/c1-4-32(35(43)37-28-19-17-27(18-20-28)36-24(3)40)44-30-12-8-11-29(22-30)38-34(42)31(21-25-15-13-23(2)14-16-25)39-33(41)26-9-6-5-7-10-26/h5-22,32H,4H2,1-3H3,(H,36,40)(H,37,43)(H,38,42)(H,39,41)/b31-21-. The number of hydrogen-bond acceptors (Lipinski definition) is 5. The van der Waals surface area contributed by atoms with Crippen molar-refractivity contribution in [2.45, 2.75) is 37.3 Å². The molecule has 0 aromatic heterocycles. The van der Waals surface area contributed by atoms with Crippen molar-refractivity contribution in [1.82, 2.24) is 5.32 Å². The molecule has 0 aliphatic rings. The number of anilines is 3. The maximum atomic E-state index is 13.4. The van der Waals surface area contributed by atoms with Crippen molar-refractivity contribution < 1.29 is 19.2 Å². The van der Waals surface area contributed by atoms with Crippen LogP contribution in [-0.2, 0) is 14.4 Å². The molecule has 9 heteroatoms. The minimum atomic E-state index is -0.482. The Morgan fingerprint density at radius 3 is 2.05 bits per heavy atom. The highest BCUT2D eigenvalue weighted by Crippen LogP contribution is 2.29. The zero-order valence-electron chi connectivity index (χ0n) is 24.7. The topological polar surface area (TPSA) is 116 Å². The number of thioether (sulfide) groups is 1. The Hall–Kier alpha value is -5.15. The van der Waals surface area contributed by atoms with Crippen LogP contribution in [0, 0.1) is 6.92 Å². The Bertz CT molecular complexity index is 1650. The van der Waals surface area contributed by atoms with Crippen LogP contribution in [0.3, 0.4) is 0 Å². The summed E-state index contributed by atoms with van der Waals surface area (Å²) in [5.74, 6) is -1.21. The number of benzene rings is 4. The number of aryl methyl sites for hydroxylation is 1. The van der Waals surface area contributed by atoms with E-state index in [4.69, 9.17) is 0 Å². The third-order valence-electron chi connectivity index (χ3n) is 6.42. The maximum Gasteiger partial charge on any atom is 0.272 e. The highest BCUT2D eigenvalue weighted by molar-refractivity contribution is 8.00. The number of rotatable bonds is 11. The normalized spacial score (nSPS) is 11.7. The Labute approximate surface area is 261 Å². The molecule has 0 heterocycles. The van der Waals surface area contributed by atoms with Crippen LogP contribution in [0.15, 0.2) is 114 Å². The lowest BCUT2D eigenvalue weighted by atomic mass is 10.1. The van der Waals surface area contributed by atoms with E-state index in [9.17, 15) is 19.2 Å². The van der Waals surface area contributed by atoms with Gasteiger partial charge in [0.25, 0.3) is 11.8 Å². The minimum Gasteiger partial charge on any atom is -0.326 e. The Morgan fingerprint density at radius 1 is 0.750 bits per heavy atom. The molecule has 4 rings (SSSR count). The number of carbonyl (C=O) groups excluding carboxylic acids is 4. The van der Waals surface area contributed by atoms with Crippen LogP contribution in [0.2, 0.25) is 0 Å². The van der Waals surface area contributed by atoms with Crippen molar-refractivity contribution in [3.8, 4) is 0 Å². The average Bonchev–Trinajstić information content (AvgIpc) is 3.01. The molecular formula is C35H34N4O4S. The van der Waals surface area contributed by atoms with E-state index in [0.717, 1.165) is 16.0 Å². The second kappa shape index (κ2) is 15.4. The van der Waals surface area contributed by atoms with Crippen molar-refractivity contribution in [3.05, 3.63) is 126 Å². The molecule has 4 N–H and O–H groups in total. The van der Waals surface area contributed by atoms with Gasteiger partial charge in [-0.3, -0.25) is 19.2 Å². The van der Waals surface area contributed by atoms with Gasteiger partial charge in [-0.05, 0) is 79.6 Å². The molecule has 1 unspecified atom stereocenters. The van der Waals surface area contributed by atoms with Gasteiger partial charge in [0.2, 0.25) is 11.8 Å². The number of hydrogen-bond donors (Lipinski definition) is 4. The Kier molecular flexibility index (Phi) is 11.1. The van der Waals surface area contributed by atoms with E-state index in [1.807, 2.05) is 50.2 Å². The van der Waals surface area contributed by atoms with Crippen LogP contribution in [-0.4, -0.2) is 28.9 Å². The lowest BCUT2D eigenvalue weighted by Crippen LogP contribution is -2.30. The van der Waals surface area contributed by atoms with Crippen LogP contribution >= 0.6 is 11.8 Å². The van der Waals surface area contributed by atoms with E-state index >= 15 is 0 Å². The number of carbonyl (C=O) groups is 4. The van der Waals surface area contributed by atoms with Crippen LogP contribution in [0.1, 0.15) is 41.8 Å². The van der Waals surface area contributed by atoms with Gasteiger partial charge < -0.3 is 21.3 Å². The van der Waals surface area contributed by atoms with Crippen molar-refractivity contribution in [2.24, 2.45) is 0 Å². The van der Waals surface area contributed by atoms with E-state index < -0.39 is 17.1 Å². The fraction of sp³-hybridized carbons (Fsp3) is 0.143. The molecule has 8 nitrogen and oxygen atoms in total. The van der Waals surface area contributed by atoms with E-state index in [2.05, 4.69) is 21.3 Å². The summed E-state index contributed by atoms with van der Waals surface area (Å²) in [6.45, 7) is 5.34. The molecule has 224 valence electrons. The van der Waals surface area contributed by atoms with Gasteiger partial charge >= 0.3 is 0 Å². The van der Waals surface area contributed by atoms with Crippen LogP contribution in [0.5, 0.6) is 0 Å². The lowest BCUT2D eigenvalue weighted by Gasteiger charge is -2.16. The number of nitrogens with one attached hydrogen (secondary N) is 4. The molecule has 0 saturated carbocycles. The Morgan fingerprint density at radius 2 is 1.41 bits per heavy atom. The quantitative estimate of drug-likeness (QED) is 0.110. The first kappa shape index (κ1) is 31.8. The highest BCUT2D eigenvalue weighted by Gasteiger charge is 2.19. The van der Waals surface area contributed by atoms with Gasteiger partial charge in [0.15, 0.2) is 0 Å². The molecular weight excluding hydrogens is 572 g/mol. The lowest BCUT2D eigenvalue weighted by molar-refractivity contribution is -0.116. The van der Waals surface area contributed by atoms with E-state index in [-0.39, 0.29) is 17.5 Å². The van der Waals surface area contributed by atoms with Gasteiger partial charge in [-0.2, -0.15) is 0 Å². The summed E-state index contributed by atoms with van der Waals surface area (Å²) in [6.07, 6.45) is 2.21. The molecule has 0 radical (unpaired) electrons. The molecule has 4 aromatic carbocycles. The maximum absolute atomic E-state index is 13.4. The molecule has 4 aromatic rings. The van der Waals surface area contributed by atoms with Crippen molar-refractivity contribution in [1.29, 1.82) is 0 Å². The fourth-order valence-corrected chi connectivity index (χ4v) is 5.18. The zero-order chi connectivity index (χ0) is 31.5. The molecule has 0 fully saturated rings. The molecule has 4 amide bonds. The minimum absolute atomic E-state index is 0.0936. The first-order valence-corrected chi connectivity index (χ1v) is 15.0. The van der Waals surface area contributed by atoms with E-state index in [0.29, 0.717) is 29.0 Å². The summed E-state index contributed by atoms with van der Waals surface area (Å²) >= 11 is 1.38. The highest BCUT2D eigenvalue weighted by atomic mass is 32.2. The van der Waals surface area contributed by atoms with Gasteiger partial charge in [-0.1, -0.05) is 61.0 Å². The summed E-state index contributed by atoms with van der Waals surface area (Å²) in [5, 5.41) is 10.9. The van der Waals surface area contributed by atoms with Gasteiger partial charge in [0.05, 0.1) is 5.25 Å². The van der Waals surface area contributed by atoms with Crippen LogP contribution < -0.4 is 21.3 Å². The third kappa shape index (κ3) is 9.43. The van der Waals surface area contributed by atoms with Crippen molar-refractivity contribution in [3.63, 3.8) is 0 Å². The smallest absolute Gasteiger partial charge is 0.272 e. The molecule has 0 aliphatic heterocycles. The van der Waals surface area contributed by atoms with Gasteiger partial charge in [-0.25, -0.2) is 0 Å². The molecule has 44 heavy (non-hydrogen) atoms. The number of amides is 4. The van der Waals surface area contributed by atoms with Gasteiger partial charge in [0.1, 0.15) is 5.70 Å². The molecule has 1 atom stereocenters. The molecule has 0 spiro atoms.